The van der Waals surface area contributed by atoms with Crippen LogP contribution in [0.1, 0.15) is 18.9 Å². The Morgan fingerprint density at radius 1 is 1.56 bits per heavy atom. The number of ether oxygens (including phenoxy) is 1. The summed E-state index contributed by atoms with van der Waals surface area (Å²) in [6, 6.07) is 2.98. The Kier molecular flexibility index (Phi) is 3.46. The third kappa shape index (κ3) is 2.59. The van der Waals surface area contributed by atoms with Crippen molar-refractivity contribution >= 4 is 6.09 Å². The number of nitrogens with zero attached hydrogens (tertiary/aromatic N) is 4. The number of rotatable bonds is 3. The molecule has 2 aromatic rings. The number of methoxy groups -OCH3 is 1. The lowest BCUT2D eigenvalue weighted by Crippen LogP contribution is -2.26. The fourth-order valence-electron chi connectivity index (χ4n) is 1.23. The lowest BCUT2D eigenvalue weighted by atomic mass is 10.3. The van der Waals surface area contributed by atoms with Gasteiger partial charge in [0.25, 0.3) is 0 Å². The standard InChI is InChI=1S/C10H11N5O3/c1-6(12-10(16)17-2)9-13-8(15-18-9)7-4-3-5-11-14-7/h3-6H,1-2H3,(H,12,16). The van der Waals surface area contributed by atoms with E-state index in [9.17, 15) is 4.79 Å². The predicted molar refractivity (Wildman–Crippen MR) is 59.3 cm³/mol. The minimum Gasteiger partial charge on any atom is -0.453 e. The van der Waals surface area contributed by atoms with Crippen LogP contribution in [0.4, 0.5) is 4.79 Å². The Balaban J connectivity index is 2.13. The topological polar surface area (TPSA) is 103 Å². The molecule has 0 spiro atoms. The summed E-state index contributed by atoms with van der Waals surface area (Å²) in [4.78, 5) is 15.1. The van der Waals surface area contributed by atoms with Gasteiger partial charge in [-0.25, -0.2) is 4.79 Å². The maximum absolute atomic E-state index is 11.0. The van der Waals surface area contributed by atoms with Gasteiger partial charge in [-0.05, 0) is 19.1 Å². The number of carbonyl (C=O) groups is 1. The highest BCUT2D eigenvalue weighted by Crippen LogP contribution is 2.15. The number of hydrogen-bond acceptors (Lipinski definition) is 7. The van der Waals surface area contributed by atoms with Crippen LogP contribution >= 0.6 is 0 Å². The van der Waals surface area contributed by atoms with Gasteiger partial charge in [-0.3, -0.25) is 0 Å². The van der Waals surface area contributed by atoms with Crippen LogP contribution in [0.5, 0.6) is 0 Å². The lowest BCUT2D eigenvalue weighted by Gasteiger charge is -2.07. The van der Waals surface area contributed by atoms with Crippen LogP contribution in [-0.4, -0.2) is 33.5 Å². The quantitative estimate of drug-likeness (QED) is 0.863. The van der Waals surface area contributed by atoms with Gasteiger partial charge in [0.2, 0.25) is 11.7 Å². The molecule has 8 heteroatoms. The maximum Gasteiger partial charge on any atom is 0.407 e. The van der Waals surface area contributed by atoms with Crippen LogP contribution in [0.2, 0.25) is 0 Å². The first kappa shape index (κ1) is 12.0. The zero-order valence-electron chi connectivity index (χ0n) is 9.82. The molecule has 94 valence electrons. The van der Waals surface area contributed by atoms with Gasteiger partial charge < -0.3 is 14.6 Å². The summed E-state index contributed by atoms with van der Waals surface area (Å²) in [5.41, 5.74) is 0.498. The molecule has 0 aromatic carbocycles. The summed E-state index contributed by atoms with van der Waals surface area (Å²) in [6.45, 7) is 1.70. The van der Waals surface area contributed by atoms with Crippen LogP contribution in [0.15, 0.2) is 22.9 Å². The Labute approximate surface area is 102 Å². The van der Waals surface area contributed by atoms with E-state index in [1.807, 2.05) is 0 Å². The largest absolute Gasteiger partial charge is 0.453 e. The second-order valence-electron chi connectivity index (χ2n) is 3.42. The summed E-state index contributed by atoms with van der Waals surface area (Å²) in [7, 11) is 1.28. The Hall–Kier alpha value is -2.51. The van der Waals surface area contributed by atoms with Crippen LogP contribution in [0.3, 0.4) is 0 Å². The second kappa shape index (κ2) is 5.21. The first-order valence-electron chi connectivity index (χ1n) is 5.17. The van der Waals surface area contributed by atoms with E-state index in [1.54, 1.807) is 25.3 Å². The molecule has 0 aliphatic heterocycles. The number of amides is 1. The molecule has 1 N–H and O–H groups in total. The summed E-state index contributed by atoms with van der Waals surface area (Å²) in [5, 5.41) is 13.8. The summed E-state index contributed by atoms with van der Waals surface area (Å²) >= 11 is 0. The van der Waals surface area contributed by atoms with Gasteiger partial charge >= 0.3 is 6.09 Å². The SMILES string of the molecule is COC(=O)NC(C)c1nc(-c2cccnn2)no1. The third-order valence-electron chi connectivity index (χ3n) is 2.13. The third-order valence-corrected chi connectivity index (χ3v) is 2.13. The highest BCUT2D eigenvalue weighted by atomic mass is 16.5. The summed E-state index contributed by atoms with van der Waals surface area (Å²) in [5.74, 6) is 0.581. The molecule has 2 rings (SSSR count). The monoisotopic (exact) mass is 249 g/mol. The average Bonchev–Trinajstić information content (AvgIpc) is 2.89. The Morgan fingerprint density at radius 2 is 2.39 bits per heavy atom. The summed E-state index contributed by atoms with van der Waals surface area (Å²) in [6.07, 6.45) is 0.980. The molecule has 0 aliphatic carbocycles. The van der Waals surface area contributed by atoms with E-state index in [1.165, 1.54) is 7.11 Å². The smallest absolute Gasteiger partial charge is 0.407 e. The van der Waals surface area contributed by atoms with E-state index in [0.29, 0.717) is 11.5 Å². The van der Waals surface area contributed by atoms with E-state index >= 15 is 0 Å². The molecule has 2 aromatic heterocycles. The van der Waals surface area contributed by atoms with Gasteiger partial charge in [0.05, 0.1) is 7.11 Å². The van der Waals surface area contributed by atoms with Crippen molar-refractivity contribution in [3.8, 4) is 11.5 Å². The molecule has 0 fully saturated rings. The van der Waals surface area contributed by atoms with Gasteiger partial charge in [-0.2, -0.15) is 10.1 Å². The number of aromatic nitrogens is 4. The molecular weight excluding hydrogens is 238 g/mol. The zero-order valence-corrected chi connectivity index (χ0v) is 9.82. The molecule has 1 atom stereocenters. The number of nitrogens with one attached hydrogen (secondary N) is 1. The van der Waals surface area contributed by atoms with Crippen molar-refractivity contribution in [2.45, 2.75) is 13.0 Å². The van der Waals surface area contributed by atoms with Crippen molar-refractivity contribution in [2.75, 3.05) is 7.11 Å². The van der Waals surface area contributed by atoms with E-state index in [0.717, 1.165) is 0 Å². The molecule has 2 heterocycles. The molecule has 0 bridgehead atoms. The minimum atomic E-state index is -0.568. The highest BCUT2D eigenvalue weighted by Gasteiger charge is 2.17. The fraction of sp³-hybridized carbons (Fsp3) is 0.300. The first-order valence-corrected chi connectivity index (χ1v) is 5.17. The fourth-order valence-corrected chi connectivity index (χ4v) is 1.23. The van der Waals surface area contributed by atoms with Crippen LogP contribution in [0, 0.1) is 0 Å². The maximum atomic E-state index is 11.0. The molecule has 1 amide bonds. The molecule has 0 saturated carbocycles. The van der Waals surface area contributed by atoms with Gasteiger partial charge in [0.1, 0.15) is 11.7 Å². The van der Waals surface area contributed by atoms with Gasteiger partial charge in [0.15, 0.2) is 0 Å². The predicted octanol–water partition coefficient (Wildman–Crippen LogP) is 0.944. The number of alkyl carbamates (subject to hydrolysis) is 1. The molecular formula is C10H11N5O3. The van der Waals surface area contributed by atoms with Crippen LogP contribution in [0.25, 0.3) is 11.5 Å². The van der Waals surface area contributed by atoms with Crippen molar-refractivity contribution in [1.29, 1.82) is 0 Å². The first-order chi connectivity index (χ1) is 8.70. The molecule has 0 radical (unpaired) electrons. The molecule has 0 saturated heterocycles. The molecule has 8 nitrogen and oxygen atoms in total. The van der Waals surface area contributed by atoms with Crippen LogP contribution in [-0.2, 0) is 4.74 Å². The van der Waals surface area contributed by atoms with Crippen molar-refractivity contribution in [3.63, 3.8) is 0 Å². The van der Waals surface area contributed by atoms with E-state index < -0.39 is 12.1 Å². The van der Waals surface area contributed by atoms with E-state index in [4.69, 9.17) is 4.52 Å². The second-order valence-corrected chi connectivity index (χ2v) is 3.42. The number of hydrogen-bond donors (Lipinski definition) is 1. The normalized spacial score (nSPS) is 11.9. The Bertz CT molecular complexity index is 527. The van der Waals surface area contributed by atoms with Crippen molar-refractivity contribution in [3.05, 3.63) is 24.2 Å². The van der Waals surface area contributed by atoms with Gasteiger partial charge in [-0.1, -0.05) is 5.16 Å². The lowest BCUT2D eigenvalue weighted by molar-refractivity contribution is 0.165. The zero-order chi connectivity index (χ0) is 13.0. The minimum absolute atomic E-state index is 0.265. The number of carbonyl (C=O) groups excluding carboxylic acids is 1. The van der Waals surface area contributed by atoms with Crippen molar-refractivity contribution < 1.29 is 14.1 Å². The molecule has 1 unspecified atom stereocenters. The highest BCUT2D eigenvalue weighted by molar-refractivity contribution is 5.67. The van der Waals surface area contributed by atoms with E-state index in [-0.39, 0.29) is 5.89 Å². The van der Waals surface area contributed by atoms with E-state index in [2.05, 4.69) is 30.4 Å². The summed E-state index contributed by atoms with van der Waals surface area (Å²) < 4.78 is 9.50. The average molecular weight is 249 g/mol. The molecule has 0 aliphatic rings. The van der Waals surface area contributed by atoms with Crippen molar-refractivity contribution in [2.24, 2.45) is 0 Å². The van der Waals surface area contributed by atoms with Crippen LogP contribution < -0.4 is 5.32 Å². The van der Waals surface area contributed by atoms with Gasteiger partial charge in [0, 0.05) is 6.20 Å². The van der Waals surface area contributed by atoms with Crippen molar-refractivity contribution in [1.82, 2.24) is 25.7 Å². The molecule has 18 heavy (non-hydrogen) atoms. The Morgan fingerprint density at radius 3 is 3.06 bits per heavy atom. The van der Waals surface area contributed by atoms with Gasteiger partial charge in [-0.15, -0.1) is 5.10 Å².